The summed E-state index contributed by atoms with van der Waals surface area (Å²) >= 11 is 11.9. The highest BCUT2D eigenvalue weighted by Crippen LogP contribution is 2.31. The van der Waals surface area contributed by atoms with Gasteiger partial charge in [0.15, 0.2) is 6.29 Å². The Morgan fingerprint density at radius 3 is 2.59 bits per heavy atom. The highest BCUT2D eigenvalue weighted by molar-refractivity contribution is 6.35. The molecular weight excluding hydrogens is 261 g/mol. The van der Waals surface area contributed by atoms with Gasteiger partial charge in [-0.05, 0) is 18.2 Å². The van der Waals surface area contributed by atoms with Gasteiger partial charge in [-0.1, -0.05) is 23.2 Å². The Balaban J connectivity index is 2.71. The molecule has 1 aromatic heterocycles. The van der Waals surface area contributed by atoms with Gasteiger partial charge in [0.1, 0.15) is 0 Å². The van der Waals surface area contributed by atoms with Crippen molar-refractivity contribution in [2.24, 2.45) is 0 Å². The van der Waals surface area contributed by atoms with Crippen LogP contribution in [0.1, 0.15) is 10.4 Å². The Bertz CT molecular complexity index is 635. The van der Waals surface area contributed by atoms with Crippen molar-refractivity contribution in [2.45, 2.75) is 0 Å². The zero-order valence-electron chi connectivity index (χ0n) is 8.54. The van der Waals surface area contributed by atoms with Crippen molar-refractivity contribution in [3.05, 3.63) is 56.4 Å². The standard InChI is InChI=1S/C12H7Cl2NO2/c13-8-1-2-11(14)9(4-8)10-5-15-12(17)3-7(10)6-16/h1-6H,(H,15,17). The molecule has 1 heterocycles. The number of aromatic nitrogens is 1. The maximum absolute atomic E-state index is 11.1. The molecule has 0 saturated carbocycles. The largest absolute Gasteiger partial charge is 0.328 e. The maximum atomic E-state index is 11.1. The van der Waals surface area contributed by atoms with Crippen molar-refractivity contribution in [1.82, 2.24) is 4.98 Å². The number of carbonyl (C=O) groups is 1. The molecule has 2 rings (SSSR count). The normalized spacial score (nSPS) is 10.2. The molecule has 0 bridgehead atoms. The predicted molar refractivity (Wildman–Crippen MR) is 67.9 cm³/mol. The molecule has 86 valence electrons. The number of aromatic amines is 1. The summed E-state index contributed by atoms with van der Waals surface area (Å²) in [5, 5.41) is 0.969. The third-order valence-corrected chi connectivity index (χ3v) is 2.87. The monoisotopic (exact) mass is 267 g/mol. The van der Waals surface area contributed by atoms with E-state index in [0.717, 1.165) is 0 Å². The second kappa shape index (κ2) is 4.73. The number of carbonyl (C=O) groups excluding carboxylic acids is 1. The Hall–Kier alpha value is -1.58. The summed E-state index contributed by atoms with van der Waals surface area (Å²) < 4.78 is 0. The van der Waals surface area contributed by atoms with Gasteiger partial charge in [-0.3, -0.25) is 9.59 Å². The smallest absolute Gasteiger partial charge is 0.248 e. The minimum absolute atomic E-state index is 0.276. The summed E-state index contributed by atoms with van der Waals surface area (Å²) in [5.41, 5.74) is 1.09. The average molecular weight is 268 g/mol. The van der Waals surface area contributed by atoms with Crippen molar-refractivity contribution in [1.29, 1.82) is 0 Å². The molecule has 0 saturated heterocycles. The van der Waals surface area contributed by atoms with Crippen molar-refractivity contribution in [3.63, 3.8) is 0 Å². The number of hydrogen-bond acceptors (Lipinski definition) is 2. The van der Waals surface area contributed by atoms with E-state index < -0.39 is 0 Å². The van der Waals surface area contributed by atoms with Crippen LogP contribution in [-0.2, 0) is 0 Å². The van der Waals surface area contributed by atoms with Gasteiger partial charge in [-0.15, -0.1) is 0 Å². The molecule has 1 N–H and O–H groups in total. The van der Waals surface area contributed by atoms with E-state index in [1.54, 1.807) is 18.2 Å². The summed E-state index contributed by atoms with van der Waals surface area (Å²) in [5.74, 6) is 0. The number of pyridine rings is 1. The van der Waals surface area contributed by atoms with E-state index in [1.165, 1.54) is 12.3 Å². The maximum Gasteiger partial charge on any atom is 0.248 e. The number of benzene rings is 1. The number of aldehydes is 1. The molecule has 0 spiro atoms. The average Bonchev–Trinajstić information content (AvgIpc) is 2.32. The first kappa shape index (κ1) is 11.9. The molecule has 0 radical (unpaired) electrons. The van der Waals surface area contributed by atoms with Gasteiger partial charge in [-0.25, -0.2) is 0 Å². The summed E-state index contributed by atoms with van der Waals surface area (Å²) in [6.07, 6.45) is 2.06. The molecule has 5 heteroatoms. The molecule has 17 heavy (non-hydrogen) atoms. The van der Waals surface area contributed by atoms with Crippen molar-refractivity contribution < 1.29 is 4.79 Å². The molecule has 0 atom stereocenters. The molecule has 0 unspecified atom stereocenters. The quantitative estimate of drug-likeness (QED) is 0.850. The fourth-order valence-electron chi connectivity index (χ4n) is 1.52. The second-order valence-electron chi connectivity index (χ2n) is 3.41. The highest BCUT2D eigenvalue weighted by Gasteiger charge is 2.09. The van der Waals surface area contributed by atoms with Crippen LogP contribution in [0, 0.1) is 0 Å². The SMILES string of the molecule is O=Cc1cc(=O)[nH]cc1-c1cc(Cl)ccc1Cl. The fraction of sp³-hybridized carbons (Fsp3) is 0. The zero-order valence-corrected chi connectivity index (χ0v) is 10.0. The van der Waals surface area contributed by atoms with Crippen LogP contribution in [0.3, 0.4) is 0 Å². The topological polar surface area (TPSA) is 49.9 Å². The fourth-order valence-corrected chi connectivity index (χ4v) is 1.91. The molecule has 0 amide bonds. The predicted octanol–water partition coefficient (Wildman–Crippen LogP) is 3.16. The minimum atomic E-state index is -0.339. The van der Waals surface area contributed by atoms with Gasteiger partial charge >= 0.3 is 0 Å². The lowest BCUT2D eigenvalue weighted by Crippen LogP contribution is -2.06. The van der Waals surface area contributed by atoms with E-state index in [0.29, 0.717) is 27.5 Å². The van der Waals surface area contributed by atoms with Gasteiger partial charge in [0.2, 0.25) is 5.56 Å². The molecule has 2 aromatic rings. The summed E-state index contributed by atoms with van der Waals surface area (Å²) in [7, 11) is 0. The van der Waals surface area contributed by atoms with Gasteiger partial charge in [-0.2, -0.15) is 0 Å². The summed E-state index contributed by atoms with van der Waals surface area (Å²) in [6, 6.07) is 6.16. The number of nitrogens with one attached hydrogen (secondary N) is 1. The second-order valence-corrected chi connectivity index (χ2v) is 4.25. The highest BCUT2D eigenvalue weighted by atomic mass is 35.5. The first-order valence-corrected chi connectivity index (χ1v) is 5.51. The molecule has 1 aromatic carbocycles. The van der Waals surface area contributed by atoms with Crippen molar-refractivity contribution in [2.75, 3.05) is 0 Å². The lowest BCUT2D eigenvalue weighted by molar-refractivity contribution is 0.112. The van der Waals surface area contributed by atoms with Crippen LogP contribution >= 0.6 is 23.2 Å². The van der Waals surface area contributed by atoms with Crippen LogP contribution in [0.25, 0.3) is 11.1 Å². The van der Waals surface area contributed by atoms with E-state index in [2.05, 4.69) is 4.98 Å². The third-order valence-electron chi connectivity index (χ3n) is 2.30. The Morgan fingerprint density at radius 2 is 1.88 bits per heavy atom. The lowest BCUT2D eigenvalue weighted by atomic mass is 10.0. The summed E-state index contributed by atoms with van der Waals surface area (Å²) in [6.45, 7) is 0. The van der Waals surface area contributed by atoms with E-state index in [9.17, 15) is 9.59 Å². The van der Waals surface area contributed by atoms with Crippen LogP contribution in [0.4, 0.5) is 0 Å². The number of H-pyrrole nitrogens is 1. The van der Waals surface area contributed by atoms with Crippen LogP contribution in [0.15, 0.2) is 35.3 Å². The Kier molecular flexibility index (Phi) is 3.31. The molecule has 0 aliphatic heterocycles. The summed E-state index contributed by atoms with van der Waals surface area (Å²) in [4.78, 5) is 24.5. The number of rotatable bonds is 2. The van der Waals surface area contributed by atoms with Crippen LogP contribution in [0.5, 0.6) is 0 Å². The minimum Gasteiger partial charge on any atom is -0.328 e. The molecule has 3 nitrogen and oxygen atoms in total. The van der Waals surface area contributed by atoms with Crippen LogP contribution in [-0.4, -0.2) is 11.3 Å². The first-order valence-electron chi connectivity index (χ1n) is 4.75. The van der Waals surface area contributed by atoms with Crippen molar-refractivity contribution in [3.8, 4) is 11.1 Å². The van der Waals surface area contributed by atoms with Gasteiger partial charge in [0, 0.05) is 39.0 Å². The number of hydrogen-bond donors (Lipinski definition) is 1. The zero-order chi connectivity index (χ0) is 12.4. The van der Waals surface area contributed by atoms with Gasteiger partial charge in [0.25, 0.3) is 0 Å². The van der Waals surface area contributed by atoms with E-state index in [1.807, 2.05) is 0 Å². The molecule has 0 aliphatic carbocycles. The van der Waals surface area contributed by atoms with E-state index in [-0.39, 0.29) is 11.1 Å². The van der Waals surface area contributed by atoms with Crippen LogP contribution in [0.2, 0.25) is 10.0 Å². The first-order chi connectivity index (χ1) is 8.11. The third kappa shape index (κ3) is 2.40. The van der Waals surface area contributed by atoms with Gasteiger partial charge in [0.05, 0.1) is 0 Å². The lowest BCUT2D eigenvalue weighted by Gasteiger charge is -2.07. The Labute approximate surface area is 107 Å². The van der Waals surface area contributed by atoms with Gasteiger partial charge < -0.3 is 4.98 Å². The van der Waals surface area contributed by atoms with E-state index >= 15 is 0 Å². The molecular formula is C12H7Cl2NO2. The Morgan fingerprint density at radius 1 is 1.12 bits per heavy atom. The molecule has 0 aliphatic rings. The number of halogens is 2. The van der Waals surface area contributed by atoms with Crippen LogP contribution < -0.4 is 5.56 Å². The molecule has 0 fully saturated rings. The van der Waals surface area contributed by atoms with Crippen molar-refractivity contribution >= 4 is 29.5 Å². The van der Waals surface area contributed by atoms with E-state index in [4.69, 9.17) is 23.2 Å².